The Hall–Kier alpha value is -1.09. The molecule has 94 valence electrons. The predicted molar refractivity (Wildman–Crippen MR) is 69.9 cm³/mol. The largest absolute Gasteiger partial charge is 0.371 e. The minimum Gasteiger partial charge on any atom is -0.371 e. The average Bonchev–Trinajstić information content (AvgIpc) is 2.37. The van der Waals surface area contributed by atoms with Crippen LogP contribution in [-0.2, 0) is 0 Å². The quantitative estimate of drug-likeness (QED) is 0.864. The number of hydrogen-bond acceptors (Lipinski definition) is 2. The fourth-order valence-corrected chi connectivity index (χ4v) is 2.54. The van der Waals surface area contributed by atoms with Gasteiger partial charge in [0.15, 0.2) is 0 Å². The van der Waals surface area contributed by atoms with E-state index in [1.165, 1.54) is 19.3 Å². The Morgan fingerprint density at radius 1 is 1.35 bits per heavy atom. The first kappa shape index (κ1) is 12.4. The number of hydrogen-bond donors (Lipinski definition) is 1. The topological polar surface area (TPSA) is 15.3 Å². The Balaban J connectivity index is 1.94. The van der Waals surface area contributed by atoms with E-state index < -0.39 is 0 Å². The molecule has 3 heteroatoms. The molecule has 1 fully saturated rings. The number of nitrogens with zero attached hydrogens (tertiary/aromatic N) is 1. The highest BCUT2D eigenvalue weighted by Gasteiger charge is 2.19. The van der Waals surface area contributed by atoms with Crippen molar-refractivity contribution in [2.75, 3.05) is 31.6 Å². The van der Waals surface area contributed by atoms with Crippen LogP contribution < -0.4 is 10.2 Å². The van der Waals surface area contributed by atoms with Crippen molar-refractivity contribution < 1.29 is 4.39 Å². The maximum Gasteiger partial charge on any atom is 0.123 e. The summed E-state index contributed by atoms with van der Waals surface area (Å²) in [7, 11) is 2.00. The summed E-state index contributed by atoms with van der Waals surface area (Å²) in [4.78, 5) is 2.38. The second-order valence-corrected chi connectivity index (χ2v) is 4.82. The zero-order chi connectivity index (χ0) is 12.1. The Morgan fingerprint density at radius 3 is 2.82 bits per heavy atom. The van der Waals surface area contributed by atoms with Crippen molar-refractivity contribution in [3.8, 4) is 0 Å². The van der Waals surface area contributed by atoms with E-state index in [0.717, 1.165) is 31.2 Å². The maximum absolute atomic E-state index is 12.9. The third kappa shape index (κ3) is 3.43. The van der Waals surface area contributed by atoms with E-state index in [1.54, 1.807) is 12.1 Å². The molecular formula is C14H21FN2. The Bertz CT molecular complexity index is 337. The maximum atomic E-state index is 12.9. The van der Waals surface area contributed by atoms with E-state index in [9.17, 15) is 4.39 Å². The molecule has 1 unspecified atom stereocenters. The van der Waals surface area contributed by atoms with Crippen molar-refractivity contribution in [2.24, 2.45) is 5.92 Å². The third-order valence-corrected chi connectivity index (χ3v) is 3.51. The van der Waals surface area contributed by atoms with Crippen LogP contribution in [-0.4, -0.2) is 26.7 Å². The molecule has 0 saturated carbocycles. The number of halogens is 1. The highest BCUT2D eigenvalue weighted by Crippen LogP contribution is 2.24. The van der Waals surface area contributed by atoms with Crippen molar-refractivity contribution in [3.05, 3.63) is 30.1 Å². The minimum absolute atomic E-state index is 0.155. The average molecular weight is 236 g/mol. The lowest BCUT2D eigenvalue weighted by Gasteiger charge is -2.34. The van der Waals surface area contributed by atoms with Crippen LogP contribution in [0.25, 0.3) is 0 Å². The summed E-state index contributed by atoms with van der Waals surface area (Å²) in [6, 6.07) is 6.87. The smallest absolute Gasteiger partial charge is 0.123 e. The molecule has 17 heavy (non-hydrogen) atoms. The van der Waals surface area contributed by atoms with E-state index in [1.807, 2.05) is 19.2 Å². The van der Waals surface area contributed by atoms with E-state index in [4.69, 9.17) is 0 Å². The standard InChI is InChI=1S/C14H21FN2/c1-16-9-8-12-3-2-10-17(11-12)14-6-4-13(15)5-7-14/h4-7,12,16H,2-3,8-11H2,1H3. The number of anilines is 1. The SMILES string of the molecule is CNCCC1CCCN(c2ccc(F)cc2)C1. The fourth-order valence-electron chi connectivity index (χ4n) is 2.54. The molecular weight excluding hydrogens is 215 g/mol. The lowest BCUT2D eigenvalue weighted by atomic mass is 9.94. The van der Waals surface area contributed by atoms with Gasteiger partial charge >= 0.3 is 0 Å². The molecule has 0 bridgehead atoms. The first-order valence-electron chi connectivity index (χ1n) is 6.44. The first-order valence-corrected chi connectivity index (χ1v) is 6.44. The molecule has 2 rings (SSSR count). The Labute approximate surface area is 103 Å². The van der Waals surface area contributed by atoms with E-state index >= 15 is 0 Å². The van der Waals surface area contributed by atoms with Gasteiger partial charge in [-0.15, -0.1) is 0 Å². The van der Waals surface area contributed by atoms with Crippen LogP contribution in [0.2, 0.25) is 0 Å². The van der Waals surface area contributed by atoms with Gasteiger partial charge in [0, 0.05) is 18.8 Å². The molecule has 1 aliphatic heterocycles. The molecule has 0 spiro atoms. The third-order valence-electron chi connectivity index (χ3n) is 3.51. The summed E-state index contributed by atoms with van der Waals surface area (Å²) in [5, 5.41) is 3.21. The van der Waals surface area contributed by atoms with Crippen LogP contribution in [0.5, 0.6) is 0 Å². The molecule has 1 heterocycles. The summed E-state index contributed by atoms with van der Waals surface area (Å²) < 4.78 is 12.9. The highest BCUT2D eigenvalue weighted by atomic mass is 19.1. The lowest BCUT2D eigenvalue weighted by molar-refractivity contribution is 0.387. The van der Waals surface area contributed by atoms with E-state index in [0.29, 0.717) is 0 Å². The number of rotatable bonds is 4. The molecule has 1 atom stereocenters. The van der Waals surface area contributed by atoms with Gasteiger partial charge in [0.05, 0.1) is 0 Å². The monoisotopic (exact) mass is 236 g/mol. The van der Waals surface area contributed by atoms with Crippen molar-refractivity contribution in [3.63, 3.8) is 0 Å². The molecule has 1 N–H and O–H groups in total. The molecule has 1 aliphatic rings. The number of nitrogens with one attached hydrogen (secondary N) is 1. The van der Waals surface area contributed by atoms with Crippen molar-refractivity contribution in [1.82, 2.24) is 5.32 Å². The van der Waals surface area contributed by atoms with Crippen molar-refractivity contribution in [2.45, 2.75) is 19.3 Å². The molecule has 0 aromatic heterocycles. The van der Waals surface area contributed by atoms with Crippen LogP contribution in [0.1, 0.15) is 19.3 Å². The molecule has 0 aliphatic carbocycles. The lowest BCUT2D eigenvalue weighted by Crippen LogP contribution is -2.36. The summed E-state index contributed by atoms with van der Waals surface area (Å²) in [6.45, 7) is 3.29. The zero-order valence-electron chi connectivity index (χ0n) is 10.5. The molecule has 1 saturated heterocycles. The summed E-state index contributed by atoms with van der Waals surface area (Å²) in [6.07, 6.45) is 3.79. The molecule has 2 nitrogen and oxygen atoms in total. The van der Waals surface area contributed by atoms with Crippen LogP contribution in [0, 0.1) is 11.7 Å². The molecule has 1 aromatic carbocycles. The van der Waals surface area contributed by atoms with Crippen LogP contribution >= 0.6 is 0 Å². The van der Waals surface area contributed by atoms with Gasteiger partial charge in [-0.1, -0.05) is 0 Å². The predicted octanol–water partition coefficient (Wildman–Crippen LogP) is 2.65. The second kappa shape index (κ2) is 6.01. The highest BCUT2D eigenvalue weighted by molar-refractivity contribution is 5.46. The molecule has 1 aromatic rings. The van der Waals surface area contributed by atoms with Gasteiger partial charge in [0.2, 0.25) is 0 Å². The first-order chi connectivity index (χ1) is 8.29. The van der Waals surface area contributed by atoms with E-state index in [-0.39, 0.29) is 5.82 Å². The molecule has 0 amide bonds. The van der Waals surface area contributed by atoms with Gasteiger partial charge in [-0.3, -0.25) is 0 Å². The van der Waals surface area contributed by atoms with Crippen molar-refractivity contribution in [1.29, 1.82) is 0 Å². The fraction of sp³-hybridized carbons (Fsp3) is 0.571. The summed E-state index contributed by atoms with van der Waals surface area (Å²) in [5.41, 5.74) is 1.15. The van der Waals surface area contributed by atoms with Gasteiger partial charge in [0.25, 0.3) is 0 Å². The van der Waals surface area contributed by atoms with Crippen LogP contribution in [0.15, 0.2) is 24.3 Å². The van der Waals surface area contributed by atoms with Crippen LogP contribution in [0.3, 0.4) is 0 Å². The number of piperidine rings is 1. The van der Waals surface area contributed by atoms with E-state index in [2.05, 4.69) is 10.2 Å². The minimum atomic E-state index is -0.155. The van der Waals surface area contributed by atoms with Gasteiger partial charge in [-0.05, 0) is 63.0 Å². The van der Waals surface area contributed by atoms with Gasteiger partial charge in [-0.2, -0.15) is 0 Å². The Morgan fingerprint density at radius 2 is 2.12 bits per heavy atom. The summed E-state index contributed by atoms with van der Waals surface area (Å²) >= 11 is 0. The number of benzene rings is 1. The van der Waals surface area contributed by atoms with Gasteiger partial charge < -0.3 is 10.2 Å². The van der Waals surface area contributed by atoms with Gasteiger partial charge in [-0.25, -0.2) is 4.39 Å². The van der Waals surface area contributed by atoms with Crippen LogP contribution in [0.4, 0.5) is 10.1 Å². The second-order valence-electron chi connectivity index (χ2n) is 4.82. The molecule has 0 radical (unpaired) electrons. The normalized spacial score (nSPS) is 20.6. The van der Waals surface area contributed by atoms with Crippen molar-refractivity contribution >= 4 is 5.69 Å². The Kier molecular flexibility index (Phi) is 4.37. The van der Waals surface area contributed by atoms with Gasteiger partial charge in [0.1, 0.15) is 5.82 Å². The zero-order valence-corrected chi connectivity index (χ0v) is 10.5. The summed E-state index contributed by atoms with van der Waals surface area (Å²) in [5.74, 6) is 0.610.